The molecule has 3 heterocycles. The average molecular weight is 294 g/mol. The molecule has 3 N–H and O–H groups in total. The normalized spacial score (nSPS) is 22.6. The topological polar surface area (TPSA) is 90.9 Å². The molecule has 2 aromatic rings. The maximum absolute atomic E-state index is 5.57. The predicted octanol–water partition coefficient (Wildman–Crippen LogP) is 1.06. The van der Waals surface area contributed by atoms with Crippen LogP contribution in [0.5, 0.6) is 0 Å². The van der Waals surface area contributed by atoms with E-state index < -0.39 is 0 Å². The summed E-state index contributed by atoms with van der Waals surface area (Å²) in [6.07, 6.45) is 3.10. The third kappa shape index (κ3) is 2.46. The first-order valence-corrected chi connectivity index (χ1v) is 7.62. The van der Waals surface area contributed by atoms with Crippen molar-refractivity contribution in [3.05, 3.63) is 12.0 Å². The molecule has 0 amide bonds. The number of ether oxygens (including phenoxy) is 1. The number of hydrogen-bond donors (Lipinski definition) is 2. The van der Waals surface area contributed by atoms with Crippen LogP contribution < -0.4 is 11.3 Å². The molecule has 1 aliphatic heterocycles. The molecule has 3 rings (SSSR count). The number of hydrazine groups is 1. The zero-order valence-electron chi connectivity index (χ0n) is 11.5. The van der Waals surface area contributed by atoms with Crippen LogP contribution in [0.25, 0.3) is 11.0 Å². The van der Waals surface area contributed by atoms with E-state index >= 15 is 0 Å². The second-order valence-corrected chi connectivity index (χ2v) is 6.08. The molecule has 2 unspecified atom stereocenters. The first kappa shape index (κ1) is 13.6. The van der Waals surface area contributed by atoms with E-state index in [1.807, 2.05) is 18.8 Å². The van der Waals surface area contributed by atoms with E-state index in [4.69, 9.17) is 10.6 Å². The van der Waals surface area contributed by atoms with Crippen molar-refractivity contribution in [1.82, 2.24) is 19.7 Å². The molecule has 1 fully saturated rings. The Labute approximate surface area is 121 Å². The quantitative estimate of drug-likeness (QED) is 0.643. The van der Waals surface area contributed by atoms with Gasteiger partial charge in [0.05, 0.1) is 23.4 Å². The number of rotatable bonds is 4. The van der Waals surface area contributed by atoms with Gasteiger partial charge in [0, 0.05) is 18.9 Å². The first-order chi connectivity index (χ1) is 9.69. The van der Waals surface area contributed by atoms with Gasteiger partial charge >= 0.3 is 0 Å². The molecule has 8 heteroatoms. The van der Waals surface area contributed by atoms with Gasteiger partial charge in [-0.15, -0.1) is 11.8 Å². The Morgan fingerprint density at radius 3 is 3.10 bits per heavy atom. The van der Waals surface area contributed by atoms with Crippen LogP contribution in [-0.4, -0.2) is 37.7 Å². The molecular formula is C12H18N6OS. The lowest BCUT2D eigenvalue weighted by molar-refractivity contribution is 0.127. The van der Waals surface area contributed by atoms with Crippen molar-refractivity contribution in [2.24, 2.45) is 12.9 Å². The summed E-state index contributed by atoms with van der Waals surface area (Å²) in [5, 5.41) is 5.53. The number of aromatic nitrogens is 4. The van der Waals surface area contributed by atoms with Gasteiger partial charge in [0.2, 0.25) is 0 Å². The number of hydrogen-bond acceptors (Lipinski definition) is 7. The molecule has 7 nitrogen and oxygen atoms in total. The van der Waals surface area contributed by atoms with Crippen molar-refractivity contribution in [3.63, 3.8) is 0 Å². The number of nitrogens with two attached hydrogens (primary N) is 1. The summed E-state index contributed by atoms with van der Waals surface area (Å²) in [5.74, 6) is 7.66. The summed E-state index contributed by atoms with van der Waals surface area (Å²) in [4.78, 5) is 9.02. The van der Waals surface area contributed by atoms with Gasteiger partial charge in [-0.1, -0.05) is 0 Å². The fraction of sp³-hybridized carbons (Fsp3) is 0.583. The highest BCUT2D eigenvalue weighted by atomic mass is 32.2. The van der Waals surface area contributed by atoms with Gasteiger partial charge in [-0.05, 0) is 13.3 Å². The zero-order chi connectivity index (χ0) is 14.1. The van der Waals surface area contributed by atoms with Gasteiger partial charge in [-0.25, -0.2) is 15.8 Å². The molecule has 2 aromatic heterocycles. The molecular weight excluding hydrogens is 276 g/mol. The maximum atomic E-state index is 5.57. The van der Waals surface area contributed by atoms with Gasteiger partial charge in [0.25, 0.3) is 0 Å². The monoisotopic (exact) mass is 294 g/mol. The van der Waals surface area contributed by atoms with Crippen LogP contribution in [0.4, 0.5) is 5.82 Å². The lowest BCUT2D eigenvalue weighted by Gasteiger charge is -2.13. The third-order valence-corrected chi connectivity index (χ3v) is 4.98. The minimum Gasteiger partial charge on any atom is -0.377 e. The van der Waals surface area contributed by atoms with Gasteiger partial charge < -0.3 is 10.2 Å². The van der Waals surface area contributed by atoms with Crippen LogP contribution in [0.3, 0.4) is 0 Å². The minimum absolute atomic E-state index is 0.299. The van der Waals surface area contributed by atoms with E-state index in [1.54, 1.807) is 10.9 Å². The molecule has 1 saturated heterocycles. The average Bonchev–Trinajstić information content (AvgIpc) is 3.03. The van der Waals surface area contributed by atoms with Crippen LogP contribution in [0, 0.1) is 0 Å². The maximum Gasteiger partial charge on any atom is 0.163 e. The van der Waals surface area contributed by atoms with E-state index in [2.05, 4.69) is 27.4 Å². The number of anilines is 1. The van der Waals surface area contributed by atoms with Crippen molar-refractivity contribution in [2.75, 3.05) is 12.0 Å². The van der Waals surface area contributed by atoms with Gasteiger partial charge in [0.1, 0.15) is 5.82 Å². The second-order valence-electron chi connectivity index (χ2n) is 4.85. The highest BCUT2D eigenvalue weighted by Crippen LogP contribution is 2.29. The number of nitrogen functional groups attached to an aromatic ring is 1. The Hall–Kier alpha value is -1.38. The Morgan fingerprint density at radius 1 is 1.55 bits per heavy atom. The molecule has 0 aliphatic carbocycles. The Morgan fingerprint density at radius 2 is 2.40 bits per heavy atom. The standard InChI is InChI=1S/C12H18N6OS/c1-7-9(3-4-19-7)20-6-10-15-11(17-13)8-5-14-18(2)12(8)16-10/h5,7,9H,3-4,6,13H2,1-2H3,(H,15,16,17). The van der Waals surface area contributed by atoms with Gasteiger partial charge in [-0.2, -0.15) is 5.10 Å². The Bertz CT molecular complexity index is 615. The largest absolute Gasteiger partial charge is 0.377 e. The second kappa shape index (κ2) is 5.55. The molecule has 0 spiro atoms. The summed E-state index contributed by atoms with van der Waals surface area (Å²) >= 11 is 1.83. The first-order valence-electron chi connectivity index (χ1n) is 6.57. The molecule has 0 saturated carbocycles. The Balaban J connectivity index is 1.82. The van der Waals surface area contributed by atoms with Crippen LogP contribution in [-0.2, 0) is 17.5 Å². The van der Waals surface area contributed by atoms with Crippen molar-refractivity contribution >= 4 is 28.6 Å². The van der Waals surface area contributed by atoms with Gasteiger partial charge in [-0.3, -0.25) is 4.68 Å². The zero-order valence-corrected chi connectivity index (χ0v) is 12.4. The van der Waals surface area contributed by atoms with E-state index in [-0.39, 0.29) is 0 Å². The van der Waals surface area contributed by atoms with E-state index in [9.17, 15) is 0 Å². The molecule has 108 valence electrons. The molecule has 0 bridgehead atoms. The summed E-state index contributed by atoms with van der Waals surface area (Å²) < 4.78 is 7.30. The molecule has 1 aliphatic rings. The number of nitrogens with zero attached hydrogens (tertiary/aromatic N) is 4. The predicted molar refractivity (Wildman–Crippen MR) is 79.2 cm³/mol. The SMILES string of the molecule is CC1OCCC1SCc1nc(NN)c2cnn(C)c2n1. The smallest absolute Gasteiger partial charge is 0.163 e. The lowest BCUT2D eigenvalue weighted by Crippen LogP contribution is -2.15. The highest BCUT2D eigenvalue weighted by Gasteiger charge is 2.25. The van der Waals surface area contributed by atoms with Gasteiger partial charge in [0.15, 0.2) is 11.5 Å². The van der Waals surface area contributed by atoms with Crippen molar-refractivity contribution in [3.8, 4) is 0 Å². The minimum atomic E-state index is 0.299. The summed E-state index contributed by atoms with van der Waals surface area (Å²) in [6.45, 7) is 2.96. The number of thioether (sulfide) groups is 1. The number of aryl methyl sites for hydroxylation is 1. The summed E-state index contributed by atoms with van der Waals surface area (Å²) in [7, 11) is 1.86. The number of nitrogens with one attached hydrogen (secondary N) is 1. The number of fused-ring (bicyclic) bond motifs is 1. The van der Waals surface area contributed by atoms with E-state index in [0.29, 0.717) is 17.2 Å². The van der Waals surface area contributed by atoms with Crippen LogP contribution in [0.15, 0.2) is 6.20 Å². The molecule has 2 atom stereocenters. The molecule has 0 radical (unpaired) electrons. The summed E-state index contributed by atoms with van der Waals surface area (Å²) in [5.41, 5.74) is 3.41. The lowest BCUT2D eigenvalue weighted by atomic mass is 10.3. The van der Waals surface area contributed by atoms with Crippen LogP contribution in [0.2, 0.25) is 0 Å². The van der Waals surface area contributed by atoms with Crippen LogP contribution in [0.1, 0.15) is 19.2 Å². The van der Waals surface area contributed by atoms with Crippen LogP contribution >= 0.6 is 11.8 Å². The Kier molecular flexibility index (Phi) is 3.77. The van der Waals surface area contributed by atoms with E-state index in [0.717, 1.165) is 35.6 Å². The fourth-order valence-corrected chi connectivity index (χ4v) is 3.46. The van der Waals surface area contributed by atoms with Crippen molar-refractivity contribution in [2.45, 2.75) is 30.5 Å². The van der Waals surface area contributed by atoms with E-state index in [1.165, 1.54) is 0 Å². The van der Waals surface area contributed by atoms with Crippen molar-refractivity contribution < 1.29 is 4.74 Å². The highest BCUT2D eigenvalue weighted by molar-refractivity contribution is 7.99. The summed E-state index contributed by atoms with van der Waals surface area (Å²) in [6, 6.07) is 0. The fourth-order valence-electron chi connectivity index (χ4n) is 2.35. The van der Waals surface area contributed by atoms with Crippen molar-refractivity contribution in [1.29, 1.82) is 0 Å². The molecule has 20 heavy (non-hydrogen) atoms. The molecule has 0 aromatic carbocycles. The third-order valence-electron chi connectivity index (χ3n) is 3.51.